The highest BCUT2D eigenvalue weighted by atomic mass is 16.2. The van der Waals surface area contributed by atoms with Crippen LogP contribution in [0, 0.1) is 0 Å². The van der Waals surface area contributed by atoms with Crippen LogP contribution in [0.1, 0.15) is 34.0 Å². The van der Waals surface area contributed by atoms with Crippen LogP contribution in [-0.4, -0.2) is 43.8 Å². The van der Waals surface area contributed by atoms with Crippen molar-refractivity contribution in [1.29, 1.82) is 0 Å². The molecule has 0 aliphatic carbocycles. The Morgan fingerprint density at radius 3 is 2.80 bits per heavy atom. The van der Waals surface area contributed by atoms with Gasteiger partial charge >= 0.3 is 0 Å². The molecular weight excluding hydrogens is 322 g/mol. The van der Waals surface area contributed by atoms with Crippen LogP contribution in [0.25, 0.3) is 5.69 Å². The fraction of sp³-hybridized carbons (Fsp3) is 0.188. The smallest absolute Gasteiger partial charge is 0.269 e. The highest BCUT2D eigenvalue weighted by Gasteiger charge is 2.33. The number of benzene rings is 1. The number of nitrogens with one attached hydrogen (secondary N) is 3. The molecule has 9 nitrogen and oxygen atoms in total. The van der Waals surface area contributed by atoms with Crippen molar-refractivity contribution >= 4 is 17.6 Å². The molecule has 126 valence electrons. The lowest BCUT2D eigenvalue weighted by Crippen LogP contribution is -2.26. The first-order chi connectivity index (χ1) is 12.2. The fourth-order valence-electron chi connectivity index (χ4n) is 3.04. The van der Waals surface area contributed by atoms with Gasteiger partial charge in [0.1, 0.15) is 18.3 Å². The van der Waals surface area contributed by atoms with Gasteiger partial charge in [0.15, 0.2) is 5.82 Å². The Hall–Kier alpha value is -3.49. The monoisotopic (exact) mass is 337 g/mol. The Balaban J connectivity index is 1.75. The number of carbonyl (C=O) groups excluding carboxylic acids is 2. The van der Waals surface area contributed by atoms with Gasteiger partial charge in [-0.3, -0.25) is 14.7 Å². The lowest BCUT2D eigenvalue weighted by molar-refractivity contribution is -0.116. The van der Waals surface area contributed by atoms with Crippen molar-refractivity contribution in [2.24, 2.45) is 0 Å². The molecule has 0 fully saturated rings. The normalized spacial score (nSPS) is 16.2. The first-order valence-corrected chi connectivity index (χ1v) is 7.72. The van der Waals surface area contributed by atoms with Crippen molar-refractivity contribution in [3.05, 3.63) is 53.7 Å². The van der Waals surface area contributed by atoms with E-state index in [0.717, 1.165) is 11.3 Å². The molecule has 9 heteroatoms. The van der Waals surface area contributed by atoms with Gasteiger partial charge in [-0.2, -0.15) is 10.2 Å². The molecule has 3 heterocycles. The zero-order valence-corrected chi connectivity index (χ0v) is 13.4. The molecular formula is C16H15N7O2. The largest absolute Gasteiger partial charge is 0.354 e. The van der Waals surface area contributed by atoms with E-state index in [4.69, 9.17) is 0 Å². The highest BCUT2D eigenvalue weighted by Crippen LogP contribution is 2.38. The number of anilines is 1. The SMILES string of the molecule is CNC(=O)c1[nH]nc2c1C(c1ccc(-n3cncn3)cc1)CC(=O)N2. The number of H-pyrrole nitrogens is 1. The molecule has 1 atom stereocenters. The van der Waals surface area contributed by atoms with Crippen LogP contribution in [0.4, 0.5) is 5.82 Å². The molecule has 4 rings (SSSR count). The predicted molar refractivity (Wildman–Crippen MR) is 88.4 cm³/mol. The molecule has 0 bridgehead atoms. The molecule has 25 heavy (non-hydrogen) atoms. The summed E-state index contributed by atoms with van der Waals surface area (Å²) < 4.78 is 1.65. The number of aromatic amines is 1. The van der Waals surface area contributed by atoms with Crippen molar-refractivity contribution < 1.29 is 9.59 Å². The molecule has 1 aliphatic heterocycles. The third kappa shape index (κ3) is 2.55. The number of nitrogens with zero attached hydrogens (tertiary/aromatic N) is 4. The molecule has 1 aliphatic rings. The van der Waals surface area contributed by atoms with Crippen molar-refractivity contribution in [3.63, 3.8) is 0 Å². The van der Waals surface area contributed by atoms with Gasteiger partial charge in [-0.25, -0.2) is 9.67 Å². The molecule has 2 aromatic heterocycles. The Morgan fingerprint density at radius 1 is 1.32 bits per heavy atom. The summed E-state index contributed by atoms with van der Waals surface area (Å²) >= 11 is 0. The predicted octanol–water partition coefficient (Wildman–Crippen LogP) is 0.824. The number of hydrogen-bond donors (Lipinski definition) is 3. The summed E-state index contributed by atoms with van der Waals surface area (Å²) in [5, 5.41) is 16.2. The molecule has 1 unspecified atom stereocenters. The van der Waals surface area contributed by atoms with Gasteiger partial charge < -0.3 is 10.6 Å². The second-order valence-electron chi connectivity index (χ2n) is 5.68. The van der Waals surface area contributed by atoms with Gasteiger partial charge in [0.05, 0.1) is 5.69 Å². The van der Waals surface area contributed by atoms with Crippen molar-refractivity contribution in [2.75, 3.05) is 12.4 Å². The van der Waals surface area contributed by atoms with Gasteiger partial charge in [0.25, 0.3) is 5.91 Å². The Kier molecular flexibility index (Phi) is 3.53. The highest BCUT2D eigenvalue weighted by molar-refractivity contribution is 6.00. The maximum Gasteiger partial charge on any atom is 0.269 e. The van der Waals surface area contributed by atoms with E-state index >= 15 is 0 Å². The third-order valence-electron chi connectivity index (χ3n) is 4.23. The van der Waals surface area contributed by atoms with Crippen LogP contribution < -0.4 is 10.6 Å². The zero-order valence-electron chi connectivity index (χ0n) is 13.4. The number of aromatic nitrogens is 5. The summed E-state index contributed by atoms with van der Waals surface area (Å²) in [6.45, 7) is 0. The van der Waals surface area contributed by atoms with E-state index < -0.39 is 0 Å². The maximum absolute atomic E-state index is 12.1. The summed E-state index contributed by atoms with van der Waals surface area (Å²) in [5.74, 6) is -0.248. The lowest BCUT2D eigenvalue weighted by atomic mass is 9.85. The summed E-state index contributed by atoms with van der Waals surface area (Å²) in [6.07, 6.45) is 3.33. The van der Waals surface area contributed by atoms with Crippen LogP contribution in [0.15, 0.2) is 36.9 Å². The zero-order chi connectivity index (χ0) is 17.4. The first kappa shape index (κ1) is 15.1. The van der Waals surface area contributed by atoms with Gasteiger partial charge in [-0.15, -0.1) is 0 Å². The summed E-state index contributed by atoms with van der Waals surface area (Å²) in [7, 11) is 1.55. The first-order valence-electron chi connectivity index (χ1n) is 7.72. The molecule has 3 N–H and O–H groups in total. The minimum atomic E-state index is -0.269. The molecule has 1 aromatic carbocycles. The Labute approximate surface area is 142 Å². The van der Waals surface area contributed by atoms with Crippen molar-refractivity contribution in [2.45, 2.75) is 12.3 Å². The molecule has 3 aromatic rings. The number of amides is 2. The van der Waals surface area contributed by atoms with E-state index in [2.05, 4.69) is 30.9 Å². The van der Waals surface area contributed by atoms with Crippen molar-refractivity contribution in [1.82, 2.24) is 30.3 Å². The van der Waals surface area contributed by atoms with Crippen LogP contribution >= 0.6 is 0 Å². The Bertz CT molecular complexity index is 928. The fourth-order valence-corrected chi connectivity index (χ4v) is 3.04. The number of rotatable bonds is 3. The third-order valence-corrected chi connectivity index (χ3v) is 4.23. The van der Waals surface area contributed by atoms with E-state index in [1.54, 1.807) is 18.1 Å². The number of carbonyl (C=O) groups is 2. The van der Waals surface area contributed by atoms with Gasteiger partial charge in [-0.1, -0.05) is 12.1 Å². The summed E-state index contributed by atoms with van der Waals surface area (Å²) in [4.78, 5) is 28.1. The molecule has 0 radical (unpaired) electrons. The number of hydrogen-bond acceptors (Lipinski definition) is 5. The molecule has 2 amide bonds. The average Bonchev–Trinajstić information content (AvgIpc) is 3.30. The molecule has 0 saturated heterocycles. The Morgan fingerprint density at radius 2 is 2.12 bits per heavy atom. The van der Waals surface area contributed by atoms with Crippen LogP contribution in [-0.2, 0) is 4.79 Å². The maximum atomic E-state index is 12.1. The molecule has 0 spiro atoms. The van der Waals surface area contributed by atoms with Crippen LogP contribution in [0.5, 0.6) is 0 Å². The quantitative estimate of drug-likeness (QED) is 0.654. The minimum Gasteiger partial charge on any atom is -0.354 e. The van der Waals surface area contributed by atoms with Gasteiger partial charge in [-0.05, 0) is 17.7 Å². The second-order valence-corrected chi connectivity index (χ2v) is 5.68. The summed E-state index contributed by atoms with van der Waals surface area (Å²) in [6, 6.07) is 7.64. The number of fused-ring (bicyclic) bond motifs is 1. The average molecular weight is 337 g/mol. The van der Waals surface area contributed by atoms with E-state index in [0.29, 0.717) is 17.1 Å². The van der Waals surface area contributed by atoms with E-state index in [-0.39, 0.29) is 24.2 Å². The van der Waals surface area contributed by atoms with Gasteiger partial charge in [0.2, 0.25) is 5.91 Å². The van der Waals surface area contributed by atoms with E-state index in [9.17, 15) is 9.59 Å². The lowest BCUT2D eigenvalue weighted by Gasteiger charge is -2.23. The van der Waals surface area contributed by atoms with E-state index in [1.807, 2.05) is 24.3 Å². The van der Waals surface area contributed by atoms with Crippen molar-refractivity contribution in [3.8, 4) is 5.69 Å². The van der Waals surface area contributed by atoms with Crippen LogP contribution in [0.3, 0.4) is 0 Å². The van der Waals surface area contributed by atoms with Crippen LogP contribution in [0.2, 0.25) is 0 Å². The minimum absolute atomic E-state index is 0.132. The standard InChI is InChI=1S/C16H15N7O2/c1-17-16(25)14-13-11(6-12(24)20-15(13)22-21-14)9-2-4-10(5-3-9)23-8-18-7-19-23/h2-5,7-8,11H,6H2,1H3,(H,17,25)(H2,20,21,22,24). The molecule has 0 saturated carbocycles. The topological polar surface area (TPSA) is 118 Å². The summed E-state index contributed by atoms with van der Waals surface area (Å²) in [5.41, 5.74) is 2.85. The van der Waals surface area contributed by atoms with Gasteiger partial charge in [0, 0.05) is 24.9 Å². The van der Waals surface area contributed by atoms with E-state index in [1.165, 1.54) is 6.33 Å². The second kappa shape index (κ2) is 5.86.